The molecule has 23 heavy (non-hydrogen) atoms. The van der Waals surface area contributed by atoms with Crippen LogP contribution in [0, 0.1) is 0 Å². The number of amides is 1. The summed E-state index contributed by atoms with van der Waals surface area (Å²) >= 11 is 0. The highest BCUT2D eigenvalue weighted by atomic mass is 16.5. The minimum absolute atomic E-state index is 0.127. The minimum Gasteiger partial charge on any atom is -0.506 e. The van der Waals surface area contributed by atoms with E-state index in [9.17, 15) is 19.5 Å². The molecule has 120 valence electrons. The van der Waals surface area contributed by atoms with E-state index >= 15 is 0 Å². The smallest absolute Gasteiger partial charge is 0.343 e. The van der Waals surface area contributed by atoms with Gasteiger partial charge in [0.25, 0.3) is 5.56 Å². The summed E-state index contributed by atoms with van der Waals surface area (Å²) in [6.45, 7) is 0. The largest absolute Gasteiger partial charge is 0.506 e. The SMILES string of the molecule is COC(=O)c1c[nH]c(=O)c(C(CC(N)=O)c2ccncc2)c1O. The predicted octanol–water partition coefficient (Wildman–Crippen LogP) is 0.269. The molecule has 4 N–H and O–H groups in total. The van der Waals surface area contributed by atoms with Crippen LogP contribution in [0.15, 0.2) is 35.5 Å². The number of nitrogens with zero attached hydrogens (tertiary/aromatic N) is 1. The van der Waals surface area contributed by atoms with Crippen LogP contribution in [0.3, 0.4) is 0 Å². The third kappa shape index (κ3) is 3.37. The first-order chi connectivity index (χ1) is 11.0. The van der Waals surface area contributed by atoms with Crippen LogP contribution in [0.1, 0.15) is 33.8 Å². The van der Waals surface area contributed by atoms with Crippen molar-refractivity contribution >= 4 is 11.9 Å². The standard InChI is InChI=1S/C15H15N3O5/c1-23-15(22)10-7-18-14(21)12(13(10)20)9(6-11(16)19)8-2-4-17-5-3-8/h2-5,7,9H,6H2,1H3,(H2,16,19)(H2,18,20,21). The molecule has 2 aromatic rings. The number of primary amides is 1. The molecule has 0 spiro atoms. The fourth-order valence-corrected chi connectivity index (χ4v) is 2.31. The number of methoxy groups -OCH3 is 1. The van der Waals surface area contributed by atoms with Crippen molar-refractivity contribution in [3.8, 4) is 5.75 Å². The van der Waals surface area contributed by atoms with Crippen molar-refractivity contribution in [3.63, 3.8) is 0 Å². The molecule has 8 nitrogen and oxygen atoms in total. The summed E-state index contributed by atoms with van der Waals surface area (Å²) in [6, 6.07) is 3.19. The topological polar surface area (TPSA) is 135 Å². The molecule has 2 heterocycles. The lowest BCUT2D eigenvalue weighted by Crippen LogP contribution is -2.23. The van der Waals surface area contributed by atoms with Crippen molar-refractivity contribution in [2.24, 2.45) is 5.73 Å². The number of aromatic nitrogens is 2. The van der Waals surface area contributed by atoms with Crippen LogP contribution < -0.4 is 11.3 Å². The van der Waals surface area contributed by atoms with Gasteiger partial charge in [0.15, 0.2) is 0 Å². The summed E-state index contributed by atoms with van der Waals surface area (Å²) in [5, 5.41) is 10.3. The maximum absolute atomic E-state index is 12.2. The first kappa shape index (κ1) is 16.2. The Bertz CT molecular complexity index is 785. The number of H-pyrrole nitrogens is 1. The second-order valence-corrected chi connectivity index (χ2v) is 4.79. The first-order valence-corrected chi connectivity index (χ1v) is 6.66. The molecule has 1 unspecified atom stereocenters. The maximum Gasteiger partial charge on any atom is 0.343 e. The number of aromatic hydroxyl groups is 1. The number of pyridine rings is 2. The van der Waals surface area contributed by atoms with Gasteiger partial charge in [-0.3, -0.25) is 14.6 Å². The predicted molar refractivity (Wildman–Crippen MR) is 80.0 cm³/mol. The molecule has 0 aliphatic carbocycles. The lowest BCUT2D eigenvalue weighted by atomic mass is 9.88. The fraction of sp³-hybridized carbons (Fsp3) is 0.200. The number of hydrogen-bond acceptors (Lipinski definition) is 6. The molecule has 2 aromatic heterocycles. The van der Waals surface area contributed by atoms with Gasteiger partial charge in [-0.1, -0.05) is 0 Å². The van der Waals surface area contributed by atoms with Crippen LogP contribution in [-0.4, -0.2) is 34.1 Å². The highest BCUT2D eigenvalue weighted by Crippen LogP contribution is 2.32. The van der Waals surface area contributed by atoms with Crippen molar-refractivity contribution in [1.29, 1.82) is 0 Å². The lowest BCUT2D eigenvalue weighted by molar-refractivity contribution is -0.118. The molecule has 0 aromatic carbocycles. The number of carbonyl (C=O) groups excluding carboxylic acids is 2. The first-order valence-electron chi connectivity index (χ1n) is 6.66. The van der Waals surface area contributed by atoms with Crippen LogP contribution in [0.4, 0.5) is 0 Å². The van der Waals surface area contributed by atoms with Crippen LogP contribution in [0.2, 0.25) is 0 Å². The van der Waals surface area contributed by atoms with Crippen molar-refractivity contribution in [3.05, 3.63) is 57.8 Å². The zero-order valence-corrected chi connectivity index (χ0v) is 12.3. The van der Waals surface area contributed by atoms with E-state index < -0.39 is 29.1 Å². The van der Waals surface area contributed by atoms with Gasteiger partial charge >= 0.3 is 5.97 Å². The van der Waals surface area contributed by atoms with Gasteiger partial charge < -0.3 is 20.6 Å². The van der Waals surface area contributed by atoms with E-state index in [0.29, 0.717) is 5.56 Å². The third-order valence-corrected chi connectivity index (χ3v) is 3.37. The summed E-state index contributed by atoms with van der Waals surface area (Å²) in [6.07, 6.45) is 3.81. The lowest BCUT2D eigenvalue weighted by Gasteiger charge is -2.17. The third-order valence-electron chi connectivity index (χ3n) is 3.37. The van der Waals surface area contributed by atoms with Gasteiger partial charge in [0.2, 0.25) is 5.91 Å². The van der Waals surface area contributed by atoms with E-state index in [1.54, 1.807) is 12.1 Å². The van der Waals surface area contributed by atoms with Gasteiger partial charge in [-0.05, 0) is 17.7 Å². The number of hydrogen-bond donors (Lipinski definition) is 3. The van der Waals surface area contributed by atoms with Crippen molar-refractivity contribution in [1.82, 2.24) is 9.97 Å². The van der Waals surface area contributed by atoms with Gasteiger partial charge in [0, 0.05) is 30.9 Å². The Balaban J connectivity index is 2.65. The number of aromatic amines is 1. The number of nitrogens with one attached hydrogen (secondary N) is 1. The Labute approximate surface area is 130 Å². The Morgan fingerprint density at radius 1 is 1.39 bits per heavy atom. The van der Waals surface area contributed by atoms with Gasteiger partial charge in [0.1, 0.15) is 11.3 Å². The Kier molecular flexibility index (Phi) is 4.75. The van der Waals surface area contributed by atoms with Gasteiger partial charge in [-0.15, -0.1) is 0 Å². The van der Waals surface area contributed by atoms with Crippen molar-refractivity contribution in [2.45, 2.75) is 12.3 Å². The molecule has 0 saturated carbocycles. The normalized spacial score (nSPS) is 11.7. The molecule has 0 bridgehead atoms. The molecule has 0 aliphatic heterocycles. The molecule has 0 aliphatic rings. The molecule has 0 fully saturated rings. The van der Waals surface area contributed by atoms with Crippen LogP contribution >= 0.6 is 0 Å². The molecule has 1 amide bonds. The van der Waals surface area contributed by atoms with E-state index in [4.69, 9.17) is 5.73 Å². The molecule has 0 radical (unpaired) electrons. The Hall–Kier alpha value is -3.16. The average Bonchev–Trinajstić information content (AvgIpc) is 2.54. The van der Waals surface area contributed by atoms with Gasteiger partial charge in [-0.2, -0.15) is 0 Å². The molecular weight excluding hydrogens is 302 g/mol. The Morgan fingerprint density at radius 3 is 2.61 bits per heavy atom. The summed E-state index contributed by atoms with van der Waals surface area (Å²) in [7, 11) is 1.15. The summed E-state index contributed by atoms with van der Waals surface area (Å²) in [5.41, 5.74) is 4.85. The van der Waals surface area contributed by atoms with E-state index in [-0.39, 0.29) is 17.5 Å². The summed E-state index contributed by atoms with van der Waals surface area (Å²) < 4.78 is 4.56. The second kappa shape index (κ2) is 6.73. The Morgan fingerprint density at radius 2 is 2.04 bits per heavy atom. The summed E-state index contributed by atoms with van der Waals surface area (Å²) in [5.74, 6) is -2.82. The van der Waals surface area contributed by atoms with Crippen LogP contribution in [0.5, 0.6) is 5.75 Å². The van der Waals surface area contributed by atoms with E-state index in [2.05, 4.69) is 14.7 Å². The number of esters is 1. The van der Waals surface area contributed by atoms with Crippen molar-refractivity contribution in [2.75, 3.05) is 7.11 Å². The zero-order chi connectivity index (χ0) is 17.0. The van der Waals surface area contributed by atoms with Crippen LogP contribution in [0.25, 0.3) is 0 Å². The zero-order valence-electron chi connectivity index (χ0n) is 12.3. The molecule has 8 heteroatoms. The maximum atomic E-state index is 12.2. The number of nitrogens with two attached hydrogens (primary N) is 1. The number of ether oxygens (including phenoxy) is 1. The molecular formula is C15H15N3O5. The van der Waals surface area contributed by atoms with Gasteiger partial charge in [-0.25, -0.2) is 4.79 Å². The van der Waals surface area contributed by atoms with Crippen molar-refractivity contribution < 1.29 is 19.4 Å². The van der Waals surface area contributed by atoms with E-state index in [1.165, 1.54) is 12.4 Å². The summed E-state index contributed by atoms with van der Waals surface area (Å²) in [4.78, 5) is 41.4. The quantitative estimate of drug-likeness (QED) is 0.677. The average molecular weight is 317 g/mol. The fourth-order valence-electron chi connectivity index (χ4n) is 2.31. The second-order valence-electron chi connectivity index (χ2n) is 4.79. The van der Waals surface area contributed by atoms with Crippen LogP contribution in [-0.2, 0) is 9.53 Å². The van der Waals surface area contributed by atoms with E-state index in [0.717, 1.165) is 13.3 Å². The molecule has 2 rings (SSSR count). The van der Waals surface area contributed by atoms with Gasteiger partial charge in [0.05, 0.1) is 12.7 Å². The minimum atomic E-state index is -0.816. The highest BCUT2D eigenvalue weighted by molar-refractivity contribution is 5.92. The monoisotopic (exact) mass is 317 g/mol. The number of carbonyl (C=O) groups is 2. The molecule has 0 saturated heterocycles. The highest BCUT2D eigenvalue weighted by Gasteiger charge is 2.27. The molecule has 1 atom stereocenters. The van der Waals surface area contributed by atoms with E-state index in [1.807, 2.05) is 0 Å². The number of rotatable bonds is 5.